The quantitative estimate of drug-likeness (QED) is 0.595. The summed E-state index contributed by atoms with van der Waals surface area (Å²) in [6, 6.07) is 12.0. The summed E-state index contributed by atoms with van der Waals surface area (Å²) in [6.45, 7) is 3.98. The topological polar surface area (TPSA) is 83.1 Å². The molecule has 0 radical (unpaired) electrons. The van der Waals surface area contributed by atoms with Gasteiger partial charge in [0.2, 0.25) is 0 Å². The van der Waals surface area contributed by atoms with Crippen molar-refractivity contribution < 1.29 is 19.0 Å². The monoisotopic (exact) mass is 408 g/mol. The molecule has 1 heterocycles. The van der Waals surface area contributed by atoms with Crippen LogP contribution in [0.4, 0.5) is 5.69 Å². The number of anilines is 1. The van der Waals surface area contributed by atoms with E-state index in [1.54, 1.807) is 7.11 Å². The number of nitrogens with two attached hydrogens (primary N) is 1. The lowest BCUT2D eigenvalue weighted by Gasteiger charge is -2.38. The van der Waals surface area contributed by atoms with Crippen LogP contribution in [0.2, 0.25) is 0 Å². The van der Waals surface area contributed by atoms with E-state index in [1.165, 1.54) is 6.92 Å². The molecular weight excluding hydrogens is 380 g/mol. The summed E-state index contributed by atoms with van der Waals surface area (Å²) in [5, 5.41) is 0. The smallest absolute Gasteiger partial charge is 0.302 e. The Balaban J connectivity index is 1.83. The number of ether oxygens (including phenoxy) is 3. The standard InChI is InChI=1S/C24H28N2O4/c1-4-29-23-12-18-19-11-17(30-14(2)27)8-9-21(19)26-24(20(18)13-22(23)28-3)15-6-5-7-16(25)10-15/h5-7,10,12-13,17,19,21H,4,8-9,11,25H2,1-3H3. The molecule has 0 bridgehead atoms. The molecule has 1 aliphatic heterocycles. The number of methoxy groups -OCH3 is 1. The Morgan fingerprint density at radius 2 is 2.03 bits per heavy atom. The summed E-state index contributed by atoms with van der Waals surface area (Å²) in [5.41, 5.74) is 10.8. The normalized spacial score (nSPS) is 22.4. The van der Waals surface area contributed by atoms with Crippen molar-refractivity contribution >= 4 is 17.4 Å². The zero-order valence-corrected chi connectivity index (χ0v) is 17.7. The molecule has 0 amide bonds. The van der Waals surface area contributed by atoms with E-state index in [1.807, 2.05) is 37.3 Å². The number of fused-ring (bicyclic) bond motifs is 3. The molecule has 0 aromatic heterocycles. The maximum atomic E-state index is 11.5. The molecular formula is C24H28N2O4. The van der Waals surface area contributed by atoms with Gasteiger partial charge in [0.05, 0.1) is 25.5 Å². The number of hydrogen-bond acceptors (Lipinski definition) is 6. The van der Waals surface area contributed by atoms with Gasteiger partial charge in [-0.25, -0.2) is 0 Å². The average Bonchev–Trinajstić information content (AvgIpc) is 2.72. The Kier molecular flexibility index (Phi) is 5.66. The molecule has 3 atom stereocenters. The van der Waals surface area contributed by atoms with Crippen molar-refractivity contribution in [3.05, 3.63) is 53.1 Å². The van der Waals surface area contributed by atoms with Crippen LogP contribution in [-0.2, 0) is 9.53 Å². The molecule has 30 heavy (non-hydrogen) atoms. The molecule has 6 heteroatoms. The number of nitrogen functional groups attached to an aromatic ring is 1. The van der Waals surface area contributed by atoms with Crippen molar-refractivity contribution in [2.24, 2.45) is 4.99 Å². The number of benzene rings is 2. The molecule has 158 valence electrons. The van der Waals surface area contributed by atoms with E-state index in [9.17, 15) is 4.79 Å². The predicted molar refractivity (Wildman–Crippen MR) is 117 cm³/mol. The summed E-state index contributed by atoms with van der Waals surface area (Å²) in [7, 11) is 1.64. The summed E-state index contributed by atoms with van der Waals surface area (Å²) in [5.74, 6) is 1.33. The maximum absolute atomic E-state index is 11.5. The molecule has 1 saturated carbocycles. The van der Waals surface area contributed by atoms with Gasteiger partial charge in [-0.3, -0.25) is 9.79 Å². The number of aliphatic imine (C=N–C) groups is 1. The first kappa shape index (κ1) is 20.3. The van der Waals surface area contributed by atoms with Crippen molar-refractivity contribution in [1.82, 2.24) is 0 Å². The Hall–Kier alpha value is -3.02. The number of rotatable bonds is 5. The third-order valence-electron chi connectivity index (χ3n) is 5.84. The van der Waals surface area contributed by atoms with Crippen LogP contribution in [0.5, 0.6) is 11.5 Å². The van der Waals surface area contributed by atoms with Crippen LogP contribution in [-0.4, -0.2) is 37.5 Å². The van der Waals surface area contributed by atoms with Crippen molar-refractivity contribution in [2.75, 3.05) is 19.5 Å². The minimum atomic E-state index is -0.233. The maximum Gasteiger partial charge on any atom is 0.302 e. The highest BCUT2D eigenvalue weighted by molar-refractivity contribution is 6.15. The molecule has 6 nitrogen and oxygen atoms in total. The number of carbonyl (C=O) groups is 1. The van der Waals surface area contributed by atoms with Crippen molar-refractivity contribution in [1.29, 1.82) is 0 Å². The van der Waals surface area contributed by atoms with Gasteiger partial charge in [-0.15, -0.1) is 0 Å². The fraction of sp³-hybridized carbons (Fsp3) is 0.417. The van der Waals surface area contributed by atoms with Gasteiger partial charge in [0.25, 0.3) is 0 Å². The van der Waals surface area contributed by atoms with Crippen LogP contribution in [0.1, 0.15) is 55.7 Å². The first-order chi connectivity index (χ1) is 14.5. The van der Waals surface area contributed by atoms with Crippen LogP contribution in [0, 0.1) is 0 Å². The summed E-state index contributed by atoms with van der Waals surface area (Å²) in [6.07, 6.45) is 2.35. The van der Waals surface area contributed by atoms with E-state index < -0.39 is 0 Å². The molecule has 2 aliphatic rings. The number of nitrogens with zero attached hydrogens (tertiary/aromatic N) is 1. The zero-order chi connectivity index (χ0) is 21.3. The second-order valence-electron chi connectivity index (χ2n) is 7.84. The van der Waals surface area contributed by atoms with Gasteiger partial charge >= 0.3 is 5.97 Å². The number of carbonyl (C=O) groups excluding carboxylic acids is 1. The lowest BCUT2D eigenvalue weighted by molar-refractivity contribution is -0.148. The largest absolute Gasteiger partial charge is 0.493 e. The van der Waals surface area contributed by atoms with Crippen molar-refractivity contribution in [3.63, 3.8) is 0 Å². The number of esters is 1. The highest BCUT2D eigenvalue weighted by Crippen LogP contribution is 2.45. The predicted octanol–water partition coefficient (Wildman–Crippen LogP) is 4.09. The van der Waals surface area contributed by atoms with E-state index in [0.717, 1.165) is 47.4 Å². The van der Waals surface area contributed by atoms with Crippen molar-refractivity contribution in [3.8, 4) is 11.5 Å². The third-order valence-corrected chi connectivity index (χ3v) is 5.84. The van der Waals surface area contributed by atoms with Gasteiger partial charge < -0.3 is 19.9 Å². The molecule has 2 aromatic rings. The van der Waals surface area contributed by atoms with Crippen LogP contribution in [0.25, 0.3) is 0 Å². The van der Waals surface area contributed by atoms with E-state index >= 15 is 0 Å². The second-order valence-corrected chi connectivity index (χ2v) is 7.84. The van der Waals surface area contributed by atoms with Crippen LogP contribution in [0.3, 0.4) is 0 Å². The van der Waals surface area contributed by atoms with E-state index in [0.29, 0.717) is 18.0 Å². The summed E-state index contributed by atoms with van der Waals surface area (Å²) < 4.78 is 17.0. The minimum Gasteiger partial charge on any atom is -0.493 e. The molecule has 2 aromatic carbocycles. The molecule has 3 unspecified atom stereocenters. The van der Waals surface area contributed by atoms with Gasteiger partial charge in [-0.2, -0.15) is 0 Å². The van der Waals surface area contributed by atoms with E-state index in [2.05, 4.69) is 6.07 Å². The summed E-state index contributed by atoms with van der Waals surface area (Å²) in [4.78, 5) is 16.7. The molecule has 1 aliphatic carbocycles. The first-order valence-electron chi connectivity index (χ1n) is 10.5. The lowest BCUT2D eigenvalue weighted by Crippen LogP contribution is -2.36. The Morgan fingerprint density at radius 3 is 2.73 bits per heavy atom. The van der Waals surface area contributed by atoms with Gasteiger partial charge in [0, 0.05) is 29.7 Å². The van der Waals surface area contributed by atoms with Gasteiger partial charge in [-0.1, -0.05) is 12.1 Å². The molecule has 4 rings (SSSR count). The average molecular weight is 408 g/mol. The van der Waals surface area contributed by atoms with E-state index in [-0.39, 0.29) is 24.0 Å². The highest BCUT2D eigenvalue weighted by atomic mass is 16.5. The Bertz CT molecular complexity index is 985. The fourth-order valence-electron chi connectivity index (χ4n) is 4.61. The van der Waals surface area contributed by atoms with Crippen molar-refractivity contribution in [2.45, 2.75) is 51.2 Å². The number of hydrogen-bond donors (Lipinski definition) is 1. The molecule has 2 N–H and O–H groups in total. The highest BCUT2D eigenvalue weighted by Gasteiger charge is 2.38. The van der Waals surface area contributed by atoms with Crippen LogP contribution < -0.4 is 15.2 Å². The lowest BCUT2D eigenvalue weighted by atomic mass is 9.74. The second kappa shape index (κ2) is 8.38. The van der Waals surface area contributed by atoms with Crippen LogP contribution in [0.15, 0.2) is 41.4 Å². The zero-order valence-electron chi connectivity index (χ0n) is 17.7. The Labute approximate surface area is 177 Å². The van der Waals surface area contributed by atoms with Crippen LogP contribution >= 0.6 is 0 Å². The third kappa shape index (κ3) is 3.86. The molecule has 0 saturated heterocycles. The summed E-state index contributed by atoms with van der Waals surface area (Å²) >= 11 is 0. The van der Waals surface area contributed by atoms with Gasteiger partial charge in [0.15, 0.2) is 11.5 Å². The fourth-order valence-corrected chi connectivity index (χ4v) is 4.61. The first-order valence-corrected chi connectivity index (χ1v) is 10.5. The SMILES string of the molecule is CCOc1cc2c(cc1OC)C(c1cccc(N)c1)=NC1CCC(OC(C)=O)CC21. The Morgan fingerprint density at radius 1 is 1.20 bits per heavy atom. The van der Waals surface area contributed by atoms with Gasteiger partial charge in [-0.05, 0) is 56.0 Å². The molecule has 1 fully saturated rings. The molecule has 0 spiro atoms. The minimum absolute atomic E-state index is 0.0848. The van der Waals surface area contributed by atoms with E-state index in [4.69, 9.17) is 24.9 Å². The van der Waals surface area contributed by atoms with Gasteiger partial charge in [0.1, 0.15) is 6.10 Å².